The molecule has 0 unspecified atom stereocenters. The van der Waals surface area contributed by atoms with E-state index in [9.17, 15) is 80.5 Å². The van der Waals surface area contributed by atoms with Crippen molar-refractivity contribution in [2.75, 3.05) is 13.2 Å². The molecular weight excluding hydrogens is 832 g/mol. The predicted octanol–water partition coefficient (Wildman–Crippen LogP) is -4.83. The van der Waals surface area contributed by atoms with Crippen LogP contribution in [0.2, 0.25) is 0 Å². The molecule has 4 heterocycles. The summed E-state index contributed by atoms with van der Waals surface area (Å²) >= 11 is 0. The van der Waals surface area contributed by atoms with Crippen LogP contribution >= 0.6 is 0 Å². The number of hydrogen-bond donors (Lipinski definition) is 13. The smallest absolute Gasteiger partial charge is 0.335 e. The van der Waals surface area contributed by atoms with Gasteiger partial charge in [0, 0.05) is 17.7 Å². The molecule has 1 aromatic heterocycles. The maximum atomic E-state index is 14.3. The molecule has 3 aromatic rings. The summed E-state index contributed by atoms with van der Waals surface area (Å²) in [5.41, 5.74) is -1.76. The summed E-state index contributed by atoms with van der Waals surface area (Å²) in [6, 6.07) is 6.47. The fourth-order valence-electron chi connectivity index (χ4n) is 6.69. The Kier molecular flexibility index (Phi) is 13.6. The van der Waals surface area contributed by atoms with E-state index in [4.69, 9.17) is 42.7 Å². The highest BCUT2D eigenvalue weighted by atomic mass is 16.8. The second-order valence-electron chi connectivity index (χ2n) is 14.0. The van der Waals surface area contributed by atoms with Crippen molar-refractivity contribution in [3.8, 4) is 34.3 Å². The molecule has 15 atom stereocenters. The molecule has 13 N–H and O–H groups in total. The van der Waals surface area contributed by atoms with Gasteiger partial charge < -0.3 is 104 Å². The second-order valence-corrected chi connectivity index (χ2v) is 14.0. The Balaban J connectivity index is 1.41. The van der Waals surface area contributed by atoms with E-state index in [1.54, 1.807) is 0 Å². The molecule has 0 radical (unpaired) electrons. The van der Waals surface area contributed by atoms with Crippen molar-refractivity contribution in [2.24, 2.45) is 0 Å². The molecule has 25 nitrogen and oxygen atoms in total. The zero-order valence-electron chi connectivity index (χ0n) is 31.0. The fraction of sp³-hybridized carbons (Fsp3) is 0.500. The molecule has 61 heavy (non-hydrogen) atoms. The minimum Gasteiger partial charge on any atom is -0.508 e. The molecule has 334 valence electrons. The van der Waals surface area contributed by atoms with Crippen LogP contribution in [0.4, 0.5) is 0 Å². The van der Waals surface area contributed by atoms with E-state index in [-0.39, 0.29) is 11.3 Å². The number of carboxylic acids is 2. The van der Waals surface area contributed by atoms with Gasteiger partial charge in [0.05, 0.1) is 13.2 Å². The Morgan fingerprint density at radius 2 is 1.26 bits per heavy atom. The number of phenolic OH excluding ortho intramolecular Hbond substituents is 2. The van der Waals surface area contributed by atoms with Gasteiger partial charge in [0.15, 0.2) is 30.4 Å². The second kappa shape index (κ2) is 18.4. The topological polar surface area (TPSA) is 409 Å². The highest BCUT2D eigenvalue weighted by Gasteiger charge is 2.53. The first-order valence-corrected chi connectivity index (χ1v) is 18.1. The lowest BCUT2D eigenvalue weighted by atomic mass is 9.97. The van der Waals surface area contributed by atoms with E-state index in [0.29, 0.717) is 0 Å². The van der Waals surface area contributed by atoms with Crippen LogP contribution in [0.3, 0.4) is 0 Å². The molecule has 25 heteroatoms. The Hall–Kier alpha value is -5.26. The molecule has 0 bridgehead atoms. The normalized spacial score (nSPS) is 34.1. The van der Waals surface area contributed by atoms with E-state index in [0.717, 1.165) is 24.3 Å². The first kappa shape index (κ1) is 45.3. The van der Waals surface area contributed by atoms with Gasteiger partial charge in [0.1, 0.15) is 89.6 Å². The third-order valence-electron chi connectivity index (χ3n) is 9.84. The molecule has 3 aliphatic rings. The number of carbonyl (C=O) groups is 3. The van der Waals surface area contributed by atoms with Gasteiger partial charge in [-0.2, -0.15) is 0 Å². The lowest BCUT2D eigenvalue weighted by molar-refractivity contribution is -0.358. The summed E-state index contributed by atoms with van der Waals surface area (Å²) in [6.07, 6.45) is -31.0. The third kappa shape index (κ3) is 9.19. The number of hydrogen-bond acceptors (Lipinski definition) is 23. The average molecular weight is 873 g/mol. The Bertz CT molecular complexity index is 2120. The lowest BCUT2D eigenvalue weighted by Crippen LogP contribution is -2.65. The van der Waals surface area contributed by atoms with E-state index in [2.05, 4.69) is 0 Å². The van der Waals surface area contributed by atoms with Crippen LogP contribution in [-0.2, 0) is 38.1 Å². The van der Waals surface area contributed by atoms with Gasteiger partial charge in [-0.1, -0.05) is 0 Å². The van der Waals surface area contributed by atoms with Crippen LogP contribution in [0.25, 0.3) is 22.3 Å². The number of aliphatic carboxylic acids is 2. The number of phenols is 2. The molecule has 3 fully saturated rings. The first-order valence-electron chi connectivity index (χ1n) is 18.1. The maximum Gasteiger partial charge on any atom is 0.335 e. The summed E-state index contributed by atoms with van der Waals surface area (Å²) in [5, 5.41) is 133. The highest BCUT2D eigenvalue weighted by Crippen LogP contribution is 2.39. The van der Waals surface area contributed by atoms with Crippen molar-refractivity contribution < 1.29 is 118 Å². The van der Waals surface area contributed by atoms with E-state index in [1.807, 2.05) is 0 Å². The molecule has 0 spiro atoms. The van der Waals surface area contributed by atoms with Crippen molar-refractivity contribution in [2.45, 2.75) is 98.5 Å². The van der Waals surface area contributed by atoms with Crippen LogP contribution in [0, 0.1) is 0 Å². The zero-order valence-corrected chi connectivity index (χ0v) is 31.0. The van der Waals surface area contributed by atoms with Crippen LogP contribution in [0.15, 0.2) is 45.6 Å². The quantitative estimate of drug-likeness (QED) is 0.0566. The molecule has 3 saturated heterocycles. The maximum absolute atomic E-state index is 14.3. The summed E-state index contributed by atoms with van der Waals surface area (Å²) in [6.45, 7) is -1.82. The van der Waals surface area contributed by atoms with Crippen LogP contribution in [0.5, 0.6) is 23.0 Å². The van der Waals surface area contributed by atoms with Gasteiger partial charge in [-0.3, -0.25) is 14.4 Å². The number of esters is 1. The Morgan fingerprint density at radius 3 is 1.87 bits per heavy atom. The largest absolute Gasteiger partial charge is 0.508 e. The predicted molar refractivity (Wildman–Crippen MR) is 189 cm³/mol. The summed E-state index contributed by atoms with van der Waals surface area (Å²) in [4.78, 5) is 49.5. The molecule has 2 aromatic carbocycles. The van der Waals surface area contributed by atoms with Crippen LogP contribution < -0.4 is 14.9 Å². The average Bonchev–Trinajstić information content (AvgIpc) is 3.20. The first-order chi connectivity index (χ1) is 28.8. The van der Waals surface area contributed by atoms with Crippen molar-refractivity contribution >= 4 is 28.9 Å². The van der Waals surface area contributed by atoms with Gasteiger partial charge in [-0.15, -0.1) is 0 Å². The molecule has 0 saturated carbocycles. The SMILES string of the molecule is O=C(O)CC(=O)O[C@H]1[C@H](Oc2cc(O)c3c(=O)c(O[C@@H]4O[C@H](CO)[C@@H](O)[C@H](O)[C@H]4O[C@@H]4O[C@H](CO)[C@@H](O)[C@H](O)[C@H]4O)c(-c4ccc(O)cc4)oc3c2)O[C@H](C(=O)O)[C@@H](O)[C@@H]1O. The van der Waals surface area contributed by atoms with Crippen molar-refractivity contribution in [3.63, 3.8) is 0 Å². The summed E-state index contributed by atoms with van der Waals surface area (Å²) in [7, 11) is 0. The number of fused-ring (bicyclic) bond motifs is 1. The van der Waals surface area contributed by atoms with E-state index in [1.165, 1.54) is 12.1 Å². The number of ether oxygens (including phenoxy) is 7. The van der Waals surface area contributed by atoms with Crippen molar-refractivity contribution in [3.05, 3.63) is 46.6 Å². The van der Waals surface area contributed by atoms with Crippen LogP contribution in [0.1, 0.15) is 6.42 Å². The number of carboxylic acid groups (broad SMARTS) is 2. The highest BCUT2D eigenvalue weighted by molar-refractivity contribution is 5.90. The summed E-state index contributed by atoms with van der Waals surface area (Å²) in [5.74, 6) is -7.96. The Labute approximate surface area is 339 Å². The van der Waals surface area contributed by atoms with Crippen molar-refractivity contribution in [1.29, 1.82) is 0 Å². The summed E-state index contributed by atoms with van der Waals surface area (Å²) < 4.78 is 44.5. The van der Waals surface area contributed by atoms with E-state index < -0.39 is 169 Å². The minimum atomic E-state index is -2.23. The fourth-order valence-corrected chi connectivity index (χ4v) is 6.69. The number of benzene rings is 2. The van der Waals surface area contributed by atoms with Crippen molar-refractivity contribution in [1.82, 2.24) is 0 Å². The number of aliphatic hydroxyl groups excluding tert-OH is 9. The van der Waals surface area contributed by atoms with Crippen LogP contribution in [-0.4, -0.2) is 190 Å². The molecule has 3 aliphatic heterocycles. The monoisotopic (exact) mass is 872 g/mol. The number of aliphatic hydroxyl groups is 9. The van der Waals surface area contributed by atoms with Gasteiger partial charge >= 0.3 is 17.9 Å². The number of carbonyl (C=O) groups excluding carboxylic acids is 1. The van der Waals surface area contributed by atoms with Gasteiger partial charge in [-0.05, 0) is 24.3 Å². The number of rotatable bonds is 13. The minimum absolute atomic E-state index is 0.0263. The zero-order chi connectivity index (χ0) is 44.6. The van der Waals surface area contributed by atoms with E-state index >= 15 is 0 Å². The van der Waals surface area contributed by atoms with Gasteiger partial charge in [0.2, 0.25) is 23.8 Å². The third-order valence-corrected chi connectivity index (χ3v) is 9.84. The molecular formula is C36H40O25. The lowest BCUT2D eigenvalue weighted by Gasteiger charge is -2.45. The Morgan fingerprint density at radius 1 is 0.672 bits per heavy atom. The number of aromatic hydroxyl groups is 2. The molecule has 6 rings (SSSR count). The van der Waals surface area contributed by atoms with Gasteiger partial charge in [0.25, 0.3) is 0 Å². The standard InChI is InChI=1S/C36H40O25/c37-8-15-20(44)23(47)27(51)34(56-15)61-32-24(48)21(45)16(9-38)57-36(32)59-29-22(46)19-13(40)5-12(6-14(19)55-28(29)10-1-3-11(39)4-2-10)54-35-31(58-18(43)7-17(41)42)26(50)25(49)30(60-35)33(52)53/h1-6,15-16,20-21,23-27,30-32,34-40,44-45,47-51H,7-9H2,(H,41,42)(H,52,53)/t15-,16-,20-,21-,23+,24+,25+,26+,27-,30+,31-,32-,34+,35-,36+/m1/s1. The molecule has 0 aliphatic carbocycles. The molecule has 0 amide bonds. The van der Waals surface area contributed by atoms with Gasteiger partial charge in [-0.25, -0.2) is 4.79 Å².